The molecule has 0 amide bonds. The molecule has 0 saturated carbocycles. The molecule has 0 aliphatic carbocycles. The van der Waals surface area contributed by atoms with E-state index in [1.165, 1.54) is 6.07 Å². The van der Waals surface area contributed by atoms with Crippen molar-refractivity contribution in [3.63, 3.8) is 0 Å². The van der Waals surface area contributed by atoms with Crippen LogP contribution in [0.2, 0.25) is 0 Å². The SMILES string of the molecule is O=S(=O)([O-])c1cccc2ccccc12.[O]=[Fe+]. The molecule has 0 aromatic heterocycles. The molecule has 0 spiro atoms. The first-order valence-corrected chi connectivity index (χ1v) is 6.03. The molecule has 0 N–H and O–H groups in total. The van der Waals surface area contributed by atoms with Gasteiger partial charge in [-0.15, -0.1) is 0 Å². The van der Waals surface area contributed by atoms with Crippen molar-refractivity contribution in [1.82, 2.24) is 0 Å². The second-order valence-electron chi connectivity index (χ2n) is 2.93. The van der Waals surface area contributed by atoms with Gasteiger partial charge < -0.3 is 4.55 Å². The minimum atomic E-state index is -4.38. The predicted octanol–water partition coefficient (Wildman–Crippen LogP) is 1.62. The quantitative estimate of drug-likeness (QED) is 0.587. The Hall–Kier alpha value is -1.07. The van der Waals surface area contributed by atoms with Gasteiger partial charge in [-0.25, -0.2) is 8.42 Å². The van der Waals surface area contributed by atoms with Crippen LogP contribution in [-0.2, 0) is 29.9 Å². The molecule has 0 radical (unpaired) electrons. The van der Waals surface area contributed by atoms with Gasteiger partial charge in [-0.05, 0) is 16.8 Å². The molecule has 2 rings (SSSR count). The molecule has 85 valence electrons. The zero-order valence-corrected chi connectivity index (χ0v) is 9.86. The third-order valence-corrected chi connectivity index (χ3v) is 2.91. The number of rotatable bonds is 1. The van der Waals surface area contributed by atoms with Crippen LogP contribution in [0.1, 0.15) is 0 Å². The molecule has 4 nitrogen and oxygen atoms in total. The zero-order valence-electron chi connectivity index (χ0n) is 7.94. The molecule has 16 heavy (non-hydrogen) atoms. The van der Waals surface area contributed by atoms with Crippen LogP contribution in [0.4, 0.5) is 0 Å². The van der Waals surface area contributed by atoms with Gasteiger partial charge in [-0.1, -0.05) is 36.4 Å². The molecule has 0 saturated heterocycles. The van der Waals surface area contributed by atoms with E-state index in [4.69, 9.17) is 3.83 Å². The Labute approximate surface area is 101 Å². The summed E-state index contributed by atoms with van der Waals surface area (Å²) in [4.78, 5) is -0.157. The summed E-state index contributed by atoms with van der Waals surface area (Å²) in [7, 11) is -4.38. The summed E-state index contributed by atoms with van der Waals surface area (Å²) >= 11 is 2.00. The van der Waals surface area contributed by atoms with Gasteiger partial charge in [0, 0.05) is 0 Å². The molecular formula is C10H7FeO4S. The van der Waals surface area contributed by atoms with Crippen LogP contribution >= 0.6 is 0 Å². The normalized spacial score (nSPS) is 10.6. The Bertz CT molecular complexity index is 589. The van der Waals surface area contributed by atoms with E-state index >= 15 is 0 Å². The Morgan fingerprint density at radius 2 is 1.50 bits per heavy atom. The van der Waals surface area contributed by atoms with E-state index in [0.29, 0.717) is 5.39 Å². The van der Waals surface area contributed by atoms with Crippen LogP contribution in [0.5, 0.6) is 0 Å². The van der Waals surface area contributed by atoms with Gasteiger partial charge in [0.2, 0.25) is 0 Å². The summed E-state index contributed by atoms with van der Waals surface area (Å²) in [5, 5.41) is 1.23. The summed E-state index contributed by atoms with van der Waals surface area (Å²) in [6, 6.07) is 11.5. The van der Waals surface area contributed by atoms with Crippen LogP contribution in [0, 0.1) is 0 Å². The van der Waals surface area contributed by atoms with Gasteiger partial charge in [0.1, 0.15) is 10.1 Å². The van der Waals surface area contributed by atoms with Gasteiger partial charge in [0.05, 0.1) is 4.90 Å². The molecule has 0 heterocycles. The van der Waals surface area contributed by atoms with E-state index < -0.39 is 10.1 Å². The van der Waals surface area contributed by atoms with Gasteiger partial charge in [0.15, 0.2) is 0 Å². The average molecular weight is 279 g/mol. The van der Waals surface area contributed by atoms with Gasteiger partial charge in [0.25, 0.3) is 0 Å². The van der Waals surface area contributed by atoms with Crippen molar-refractivity contribution in [2.24, 2.45) is 0 Å². The van der Waals surface area contributed by atoms with E-state index in [9.17, 15) is 13.0 Å². The Morgan fingerprint density at radius 1 is 0.938 bits per heavy atom. The topological polar surface area (TPSA) is 74.3 Å². The van der Waals surface area contributed by atoms with Crippen molar-refractivity contribution < 1.29 is 32.7 Å². The maximum absolute atomic E-state index is 10.9. The summed E-state index contributed by atoms with van der Waals surface area (Å²) in [5.74, 6) is 0. The van der Waals surface area contributed by atoms with E-state index in [-0.39, 0.29) is 4.90 Å². The average Bonchev–Trinajstić information content (AvgIpc) is 2.30. The van der Waals surface area contributed by atoms with Crippen LogP contribution in [0.3, 0.4) is 0 Å². The second kappa shape index (κ2) is 5.32. The molecule has 0 unspecified atom stereocenters. The number of hydrogen-bond acceptors (Lipinski definition) is 4. The van der Waals surface area contributed by atoms with Gasteiger partial charge >= 0.3 is 19.8 Å². The van der Waals surface area contributed by atoms with Crippen molar-refractivity contribution in [2.75, 3.05) is 0 Å². The van der Waals surface area contributed by atoms with E-state index in [2.05, 4.69) is 0 Å². The summed E-state index contributed by atoms with van der Waals surface area (Å²) in [5.41, 5.74) is 0. The molecule has 0 bridgehead atoms. The Morgan fingerprint density at radius 3 is 2.12 bits per heavy atom. The van der Waals surface area contributed by atoms with E-state index in [1.54, 1.807) is 36.4 Å². The third-order valence-electron chi connectivity index (χ3n) is 2.02. The van der Waals surface area contributed by atoms with Crippen molar-refractivity contribution >= 4 is 20.9 Å². The molecule has 0 aliphatic rings. The maximum atomic E-state index is 10.9. The van der Waals surface area contributed by atoms with E-state index in [1.807, 2.05) is 15.9 Å². The Kier molecular flexibility index (Phi) is 4.32. The first-order valence-electron chi connectivity index (χ1n) is 4.17. The number of benzene rings is 2. The first kappa shape index (κ1) is 13.0. The fourth-order valence-corrected chi connectivity index (χ4v) is 2.11. The molecule has 2 aromatic rings. The van der Waals surface area contributed by atoms with Crippen molar-refractivity contribution in [1.29, 1.82) is 0 Å². The number of fused-ring (bicyclic) bond motifs is 1. The Balaban J connectivity index is 0.000000606. The van der Waals surface area contributed by atoms with Crippen molar-refractivity contribution in [3.8, 4) is 0 Å². The summed E-state index contributed by atoms with van der Waals surface area (Å²) < 4.78 is 40.7. The molecule has 6 heteroatoms. The second-order valence-corrected chi connectivity index (χ2v) is 4.28. The molecular weight excluding hydrogens is 272 g/mol. The van der Waals surface area contributed by atoms with Crippen molar-refractivity contribution in [2.45, 2.75) is 4.90 Å². The van der Waals surface area contributed by atoms with Crippen LogP contribution in [-0.4, -0.2) is 13.0 Å². The van der Waals surface area contributed by atoms with E-state index in [0.717, 1.165) is 5.39 Å². The molecule has 0 aliphatic heterocycles. The standard InChI is InChI=1S/C10H8O3S.Fe.O/c11-14(12,13)10-7-3-5-8-4-1-2-6-9(8)10;;/h1-7H,(H,11,12,13);;/q;+1;/p-1. The van der Waals surface area contributed by atoms with Crippen LogP contribution in [0.15, 0.2) is 47.4 Å². The van der Waals surface area contributed by atoms with Crippen LogP contribution in [0.25, 0.3) is 10.8 Å². The monoisotopic (exact) mass is 279 g/mol. The zero-order chi connectivity index (χ0) is 12.2. The van der Waals surface area contributed by atoms with Crippen LogP contribution < -0.4 is 0 Å². The minimum absolute atomic E-state index is 0.157. The number of hydrogen-bond donors (Lipinski definition) is 0. The summed E-state index contributed by atoms with van der Waals surface area (Å²) in [6.07, 6.45) is 0. The first-order chi connectivity index (χ1) is 7.59. The predicted molar refractivity (Wildman–Crippen MR) is 52.6 cm³/mol. The third kappa shape index (κ3) is 2.74. The molecule has 2 aromatic carbocycles. The van der Waals surface area contributed by atoms with Gasteiger partial charge in [-0.3, -0.25) is 0 Å². The fourth-order valence-electron chi connectivity index (χ4n) is 1.41. The fraction of sp³-hybridized carbons (Fsp3) is 0. The molecule has 0 atom stereocenters. The summed E-state index contributed by atoms with van der Waals surface area (Å²) in [6.45, 7) is 0. The van der Waals surface area contributed by atoms with Gasteiger partial charge in [-0.2, -0.15) is 0 Å². The van der Waals surface area contributed by atoms with Crippen molar-refractivity contribution in [3.05, 3.63) is 42.5 Å². The molecule has 0 fully saturated rings.